The lowest BCUT2D eigenvalue weighted by atomic mass is 10.1. The number of hydroxylamine groups is 2. The van der Waals surface area contributed by atoms with Gasteiger partial charge in [0.1, 0.15) is 0 Å². The minimum Gasteiger partial charge on any atom is -0.480 e. The smallest absolute Gasteiger partial charge is 0.468 e. The Kier molecular flexibility index (Phi) is 2.29. The van der Waals surface area contributed by atoms with Crippen molar-refractivity contribution in [3.05, 3.63) is 35.9 Å². The summed E-state index contributed by atoms with van der Waals surface area (Å²) < 4.78 is 0. The Hall–Kier alpha value is -2.04. The van der Waals surface area contributed by atoms with Crippen molar-refractivity contribution in [2.45, 2.75) is 12.5 Å². The van der Waals surface area contributed by atoms with E-state index >= 15 is 0 Å². The third-order valence-electron chi connectivity index (χ3n) is 2.16. The molecule has 1 fully saturated rings. The van der Waals surface area contributed by atoms with Crippen LogP contribution < -0.4 is 0 Å². The van der Waals surface area contributed by atoms with E-state index < -0.39 is 18.1 Å². The monoisotopic (exact) mass is 207 g/mol. The number of amides is 1. The summed E-state index contributed by atoms with van der Waals surface area (Å²) in [4.78, 5) is 25.9. The topological polar surface area (TPSA) is 69.9 Å². The third-order valence-corrected chi connectivity index (χ3v) is 2.16. The van der Waals surface area contributed by atoms with Crippen molar-refractivity contribution in [3.63, 3.8) is 0 Å². The first-order chi connectivity index (χ1) is 7.18. The largest absolute Gasteiger partial charge is 0.480 e. The summed E-state index contributed by atoms with van der Waals surface area (Å²) in [7, 11) is 0. The molecule has 15 heavy (non-hydrogen) atoms. The standard InChI is InChI=1S/C10H9NO4/c12-9(13)8(11-10(14)15-11)6-7-4-2-1-3-5-7/h1-5,8H,6H2,(H,12,13)/t8-,11?/m0/s1. The van der Waals surface area contributed by atoms with Gasteiger partial charge in [-0.05, 0) is 5.56 Å². The average Bonchev–Trinajstić information content (AvgIpc) is 2.93. The number of carboxylic acids is 1. The van der Waals surface area contributed by atoms with Gasteiger partial charge >= 0.3 is 12.1 Å². The maximum absolute atomic E-state index is 10.9. The lowest BCUT2D eigenvalue weighted by Crippen LogP contribution is -2.31. The number of rotatable bonds is 4. The van der Waals surface area contributed by atoms with Gasteiger partial charge in [-0.25, -0.2) is 9.59 Å². The lowest BCUT2D eigenvalue weighted by Gasteiger charge is -2.08. The van der Waals surface area contributed by atoms with Gasteiger partial charge in [0.2, 0.25) is 0 Å². The summed E-state index contributed by atoms with van der Waals surface area (Å²) in [6.45, 7) is 0. The fourth-order valence-corrected chi connectivity index (χ4v) is 1.36. The van der Waals surface area contributed by atoms with Crippen LogP contribution in [0.1, 0.15) is 5.56 Å². The molecular weight excluding hydrogens is 198 g/mol. The summed E-state index contributed by atoms with van der Waals surface area (Å²) in [6.07, 6.45) is -0.333. The zero-order valence-electron chi connectivity index (χ0n) is 7.79. The molecule has 5 nitrogen and oxygen atoms in total. The molecule has 1 atom stereocenters. The first kappa shape index (κ1) is 9.51. The summed E-state index contributed by atoms with van der Waals surface area (Å²) in [5.74, 6) is -1.07. The highest BCUT2D eigenvalue weighted by molar-refractivity contribution is 5.85. The molecule has 1 aromatic carbocycles. The SMILES string of the molecule is O=C(O)[C@H](Cc1ccccc1)N1OC1=O. The number of benzene rings is 1. The number of hydrogen-bond donors (Lipinski definition) is 1. The third kappa shape index (κ3) is 2.07. The van der Waals surface area contributed by atoms with Crippen LogP contribution in [0.3, 0.4) is 0 Å². The van der Waals surface area contributed by atoms with E-state index in [2.05, 4.69) is 4.84 Å². The highest BCUT2D eigenvalue weighted by Crippen LogP contribution is 2.20. The van der Waals surface area contributed by atoms with Crippen LogP contribution in [0.4, 0.5) is 4.79 Å². The van der Waals surface area contributed by atoms with E-state index in [4.69, 9.17) is 5.11 Å². The van der Waals surface area contributed by atoms with Crippen LogP contribution in [-0.4, -0.2) is 28.3 Å². The molecule has 0 bridgehead atoms. The zero-order chi connectivity index (χ0) is 10.8. The number of aliphatic carboxylic acids is 1. The van der Waals surface area contributed by atoms with Crippen molar-refractivity contribution in [1.82, 2.24) is 5.06 Å². The van der Waals surface area contributed by atoms with Crippen molar-refractivity contribution < 1.29 is 19.5 Å². The van der Waals surface area contributed by atoms with Crippen LogP contribution in [0.2, 0.25) is 0 Å². The van der Waals surface area contributed by atoms with Crippen LogP contribution in [0.15, 0.2) is 30.3 Å². The van der Waals surface area contributed by atoms with Crippen molar-refractivity contribution in [2.75, 3.05) is 0 Å². The minimum absolute atomic E-state index is 0.252. The Bertz CT molecular complexity index is 390. The van der Waals surface area contributed by atoms with E-state index in [1.807, 2.05) is 30.3 Å². The number of nitrogens with zero attached hydrogens (tertiary/aromatic N) is 1. The van der Waals surface area contributed by atoms with Gasteiger partial charge in [-0.3, -0.25) is 0 Å². The molecule has 1 saturated heterocycles. The van der Waals surface area contributed by atoms with E-state index in [1.165, 1.54) is 0 Å². The number of hydrogen-bond acceptors (Lipinski definition) is 3. The van der Waals surface area contributed by atoms with E-state index in [-0.39, 0.29) is 6.42 Å². The molecule has 0 unspecified atom stereocenters. The second-order valence-corrected chi connectivity index (χ2v) is 3.23. The first-order valence-electron chi connectivity index (χ1n) is 4.46. The van der Waals surface area contributed by atoms with Crippen molar-refractivity contribution in [2.24, 2.45) is 0 Å². The van der Waals surface area contributed by atoms with Crippen LogP contribution in [0.5, 0.6) is 0 Å². The van der Waals surface area contributed by atoms with E-state index in [0.29, 0.717) is 0 Å². The molecule has 78 valence electrons. The summed E-state index contributed by atoms with van der Waals surface area (Å²) in [6, 6.07) is 8.17. The highest BCUT2D eigenvalue weighted by atomic mass is 16.9. The van der Waals surface area contributed by atoms with Gasteiger partial charge in [0, 0.05) is 6.42 Å². The molecule has 0 aliphatic carbocycles. The molecule has 0 aromatic heterocycles. The van der Waals surface area contributed by atoms with Crippen molar-refractivity contribution >= 4 is 12.1 Å². The van der Waals surface area contributed by atoms with E-state index in [9.17, 15) is 9.59 Å². The quantitative estimate of drug-likeness (QED) is 0.749. The van der Waals surface area contributed by atoms with Crippen LogP contribution in [0, 0.1) is 0 Å². The van der Waals surface area contributed by atoms with Gasteiger partial charge in [-0.1, -0.05) is 30.3 Å². The number of carbonyl (C=O) groups excluding carboxylic acids is 1. The molecule has 1 aliphatic heterocycles. The van der Waals surface area contributed by atoms with Crippen LogP contribution >= 0.6 is 0 Å². The summed E-state index contributed by atoms with van der Waals surface area (Å²) in [5, 5.41) is 9.76. The molecule has 0 spiro atoms. The van der Waals surface area contributed by atoms with Crippen molar-refractivity contribution in [3.8, 4) is 0 Å². The summed E-state index contributed by atoms with van der Waals surface area (Å²) in [5.41, 5.74) is 0.855. The minimum atomic E-state index is -1.07. The van der Waals surface area contributed by atoms with Gasteiger partial charge in [0.05, 0.1) is 0 Å². The molecule has 2 rings (SSSR count). The molecular formula is C10H9NO4. The Morgan fingerprint density at radius 2 is 2.00 bits per heavy atom. The Morgan fingerprint density at radius 3 is 2.47 bits per heavy atom. The van der Waals surface area contributed by atoms with Gasteiger partial charge in [-0.15, -0.1) is 5.06 Å². The average molecular weight is 207 g/mol. The van der Waals surface area contributed by atoms with Gasteiger partial charge in [-0.2, -0.15) is 0 Å². The fourth-order valence-electron chi connectivity index (χ4n) is 1.36. The molecule has 0 saturated carbocycles. The summed E-state index contributed by atoms with van der Waals surface area (Å²) >= 11 is 0. The normalized spacial score (nSPS) is 15.7. The van der Waals surface area contributed by atoms with Gasteiger partial charge in [0.15, 0.2) is 6.04 Å². The second-order valence-electron chi connectivity index (χ2n) is 3.23. The first-order valence-corrected chi connectivity index (χ1v) is 4.46. The van der Waals surface area contributed by atoms with Crippen LogP contribution in [-0.2, 0) is 16.1 Å². The predicted octanol–water partition coefficient (Wildman–Crippen LogP) is 1.05. The van der Waals surface area contributed by atoms with Gasteiger partial charge in [0.25, 0.3) is 0 Å². The molecule has 1 amide bonds. The van der Waals surface area contributed by atoms with E-state index in [0.717, 1.165) is 10.6 Å². The Morgan fingerprint density at radius 1 is 1.40 bits per heavy atom. The Balaban J connectivity index is 2.08. The number of carboxylic acid groups (broad SMARTS) is 1. The second kappa shape index (κ2) is 3.61. The molecule has 1 aromatic rings. The Labute approximate surface area is 85.8 Å². The zero-order valence-corrected chi connectivity index (χ0v) is 7.79. The number of carbonyl (C=O) groups is 2. The van der Waals surface area contributed by atoms with E-state index in [1.54, 1.807) is 0 Å². The molecule has 1 aliphatic rings. The predicted molar refractivity (Wildman–Crippen MR) is 49.9 cm³/mol. The molecule has 1 heterocycles. The fraction of sp³-hybridized carbons (Fsp3) is 0.200. The molecule has 0 radical (unpaired) electrons. The van der Waals surface area contributed by atoms with Crippen molar-refractivity contribution in [1.29, 1.82) is 0 Å². The lowest BCUT2D eigenvalue weighted by molar-refractivity contribution is -0.143. The maximum atomic E-state index is 10.9. The molecule has 5 heteroatoms. The highest BCUT2D eigenvalue weighted by Gasteiger charge is 2.45. The van der Waals surface area contributed by atoms with Crippen LogP contribution in [0.25, 0.3) is 0 Å². The maximum Gasteiger partial charge on any atom is 0.468 e. The molecule has 1 N–H and O–H groups in total. The van der Waals surface area contributed by atoms with Gasteiger partial charge < -0.3 is 9.94 Å².